The normalized spacial score (nSPS) is 12.3. The number of hydrogen-bond acceptors (Lipinski definition) is 5. The number of nitrogens with one attached hydrogen (secondary N) is 1. The smallest absolute Gasteiger partial charge is 0.235 e. The fourth-order valence-corrected chi connectivity index (χ4v) is 1.35. The molecule has 0 aromatic rings. The van der Waals surface area contributed by atoms with E-state index in [1.165, 1.54) is 7.11 Å². The van der Waals surface area contributed by atoms with Crippen LogP contribution in [0.3, 0.4) is 0 Å². The van der Waals surface area contributed by atoms with Crippen molar-refractivity contribution in [1.82, 2.24) is 4.89 Å². The highest BCUT2D eigenvalue weighted by atomic mass is 32.2. The second kappa shape index (κ2) is 8.00. The quantitative estimate of drug-likeness (QED) is 0.451. The van der Waals surface area contributed by atoms with E-state index in [-0.39, 0.29) is 25.1 Å². The lowest BCUT2D eigenvalue weighted by Crippen LogP contribution is -2.30. The molecule has 0 unspecified atom stereocenters. The Bertz CT molecular complexity index is 239. The van der Waals surface area contributed by atoms with Crippen molar-refractivity contribution in [2.24, 2.45) is 0 Å². The molecule has 0 amide bonds. The molecular weight excluding hydrogens is 222 g/mol. The van der Waals surface area contributed by atoms with Crippen LogP contribution < -0.4 is 4.89 Å². The summed E-state index contributed by atoms with van der Waals surface area (Å²) in [5.41, 5.74) is 0. The Kier molecular flexibility index (Phi) is 7.89. The van der Waals surface area contributed by atoms with E-state index in [2.05, 4.69) is 9.57 Å². The minimum atomic E-state index is -3.41. The van der Waals surface area contributed by atoms with Gasteiger partial charge in [-0.25, -0.2) is 8.42 Å². The number of rotatable bonds is 9. The lowest BCUT2D eigenvalue weighted by atomic mass is 10.5. The average molecular weight is 241 g/mol. The Morgan fingerprint density at radius 3 is 2.40 bits per heavy atom. The average Bonchev–Trinajstić information content (AvgIpc) is 2.11. The minimum Gasteiger partial charge on any atom is -0.382 e. The molecular formula is C8H19NO5S. The molecule has 0 aromatic heterocycles. The standard InChI is InChI=1S/C8H19NO5S/c1-8(2)13-6-7-15(10,11)9-14-5-4-12-3/h8-9H,4-7H2,1-3H3. The third-order valence-electron chi connectivity index (χ3n) is 1.38. The Labute approximate surface area is 90.9 Å². The topological polar surface area (TPSA) is 73.9 Å². The van der Waals surface area contributed by atoms with Gasteiger partial charge in [-0.3, -0.25) is 4.84 Å². The van der Waals surface area contributed by atoms with Crippen LogP contribution in [0.5, 0.6) is 0 Å². The second-order valence-corrected chi connectivity index (χ2v) is 4.97. The van der Waals surface area contributed by atoms with E-state index in [0.29, 0.717) is 6.61 Å². The summed E-state index contributed by atoms with van der Waals surface area (Å²) in [4.78, 5) is 6.66. The van der Waals surface area contributed by atoms with Crippen LogP contribution in [0.4, 0.5) is 0 Å². The van der Waals surface area contributed by atoms with Crippen molar-refractivity contribution in [3.05, 3.63) is 0 Å². The highest BCUT2D eigenvalue weighted by Crippen LogP contribution is 1.90. The summed E-state index contributed by atoms with van der Waals surface area (Å²) < 4.78 is 32.2. The van der Waals surface area contributed by atoms with E-state index in [1.807, 2.05) is 18.7 Å². The van der Waals surface area contributed by atoms with E-state index >= 15 is 0 Å². The first-order valence-corrected chi connectivity index (χ1v) is 6.35. The van der Waals surface area contributed by atoms with Crippen molar-refractivity contribution in [3.63, 3.8) is 0 Å². The Morgan fingerprint density at radius 2 is 1.87 bits per heavy atom. The van der Waals surface area contributed by atoms with Gasteiger partial charge >= 0.3 is 0 Å². The fraction of sp³-hybridized carbons (Fsp3) is 1.00. The van der Waals surface area contributed by atoms with Crippen LogP contribution in [0.25, 0.3) is 0 Å². The maximum absolute atomic E-state index is 11.2. The number of hydrogen-bond donors (Lipinski definition) is 1. The Balaban J connectivity index is 3.59. The molecule has 0 rings (SSSR count). The van der Waals surface area contributed by atoms with Crippen molar-refractivity contribution in [3.8, 4) is 0 Å². The summed E-state index contributed by atoms with van der Waals surface area (Å²) in [5, 5.41) is 0. The summed E-state index contributed by atoms with van der Waals surface area (Å²) in [6.07, 6.45) is 0.0228. The van der Waals surface area contributed by atoms with E-state index in [9.17, 15) is 8.42 Å². The lowest BCUT2D eigenvalue weighted by molar-refractivity contribution is 0.0427. The summed E-state index contributed by atoms with van der Waals surface area (Å²) in [6.45, 7) is 4.36. The predicted octanol–water partition coefficient (Wildman–Crippen LogP) is -0.0912. The molecule has 15 heavy (non-hydrogen) atoms. The van der Waals surface area contributed by atoms with Gasteiger partial charge in [0.1, 0.15) is 0 Å². The van der Waals surface area contributed by atoms with Crippen LogP contribution in [0.1, 0.15) is 13.8 Å². The molecule has 0 heterocycles. The first kappa shape index (κ1) is 14.8. The zero-order chi connectivity index (χ0) is 11.7. The first-order valence-electron chi connectivity index (χ1n) is 4.69. The molecule has 0 radical (unpaired) electrons. The van der Waals surface area contributed by atoms with E-state index in [1.54, 1.807) is 0 Å². The molecule has 7 heteroatoms. The molecule has 0 spiro atoms. The summed E-state index contributed by atoms with van der Waals surface area (Å²) >= 11 is 0. The molecule has 0 aromatic carbocycles. The van der Waals surface area contributed by atoms with E-state index in [0.717, 1.165) is 0 Å². The van der Waals surface area contributed by atoms with Gasteiger partial charge in [-0.15, -0.1) is 0 Å². The van der Waals surface area contributed by atoms with Crippen LogP contribution in [-0.2, 0) is 24.3 Å². The largest absolute Gasteiger partial charge is 0.382 e. The molecule has 0 atom stereocenters. The molecule has 92 valence electrons. The maximum Gasteiger partial charge on any atom is 0.235 e. The molecule has 0 aliphatic rings. The van der Waals surface area contributed by atoms with Crippen LogP contribution in [-0.4, -0.2) is 47.2 Å². The highest BCUT2D eigenvalue weighted by Gasteiger charge is 2.10. The fourth-order valence-electron chi connectivity index (χ4n) is 0.692. The number of ether oxygens (including phenoxy) is 2. The van der Waals surface area contributed by atoms with Crippen molar-refractivity contribution in [1.29, 1.82) is 0 Å². The van der Waals surface area contributed by atoms with E-state index < -0.39 is 10.0 Å². The van der Waals surface area contributed by atoms with E-state index in [4.69, 9.17) is 4.74 Å². The molecule has 0 fully saturated rings. The zero-order valence-electron chi connectivity index (χ0n) is 9.36. The van der Waals surface area contributed by atoms with Gasteiger partial charge in [0.25, 0.3) is 0 Å². The van der Waals surface area contributed by atoms with Gasteiger partial charge in [0, 0.05) is 7.11 Å². The summed E-state index contributed by atoms with van der Waals surface area (Å²) in [6, 6.07) is 0. The Morgan fingerprint density at radius 1 is 1.20 bits per heavy atom. The van der Waals surface area contributed by atoms with Crippen molar-refractivity contribution < 1.29 is 22.7 Å². The van der Waals surface area contributed by atoms with Gasteiger partial charge < -0.3 is 9.47 Å². The van der Waals surface area contributed by atoms with Crippen LogP contribution in [0.2, 0.25) is 0 Å². The number of sulfonamides is 1. The van der Waals surface area contributed by atoms with Crippen LogP contribution in [0.15, 0.2) is 0 Å². The van der Waals surface area contributed by atoms with Gasteiger partial charge in [-0.05, 0) is 13.8 Å². The monoisotopic (exact) mass is 241 g/mol. The van der Waals surface area contributed by atoms with Crippen molar-refractivity contribution in [2.75, 3.05) is 32.7 Å². The first-order chi connectivity index (χ1) is 6.98. The SMILES string of the molecule is COCCONS(=O)(=O)CCOC(C)C. The maximum atomic E-state index is 11.2. The van der Waals surface area contributed by atoms with Gasteiger partial charge in [0.2, 0.25) is 10.0 Å². The summed E-state index contributed by atoms with van der Waals surface area (Å²) in [7, 11) is -1.90. The van der Waals surface area contributed by atoms with Crippen LogP contribution in [0, 0.1) is 0 Å². The van der Waals surface area contributed by atoms with Crippen LogP contribution >= 0.6 is 0 Å². The lowest BCUT2D eigenvalue weighted by Gasteiger charge is -2.09. The molecule has 0 saturated carbocycles. The predicted molar refractivity (Wildman–Crippen MR) is 55.8 cm³/mol. The molecule has 6 nitrogen and oxygen atoms in total. The second-order valence-electron chi connectivity index (χ2n) is 3.16. The zero-order valence-corrected chi connectivity index (χ0v) is 10.2. The highest BCUT2D eigenvalue weighted by molar-refractivity contribution is 7.89. The molecule has 0 aliphatic carbocycles. The van der Waals surface area contributed by atoms with Gasteiger partial charge in [-0.2, -0.15) is 0 Å². The molecule has 1 N–H and O–H groups in total. The number of methoxy groups -OCH3 is 1. The van der Waals surface area contributed by atoms with Crippen molar-refractivity contribution in [2.45, 2.75) is 20.0 Å². The minimum absolute atomic E-state index is 0.0228. The molecule has 0 bridgehead atoms. The van der Waals surface area contributed by atoms with Gasteiger partial charge in [0.05, 0.1) is 31.7 Å². The third kappa shape index (κ3) is 10.1. The molecule has 0 aliphatic heterocycles. The summed E-state index contributed by atoms with van der Waals surface area (Å²) in [5.74, 6) is -0.113. The van der Waals surface area contributed by atoms with Crippen molar-refractivity contribution >= 4 is 10.0 Å². The van der Waals surface area contributed by atoms with Gasteiger partial charge in [0.15, 0.2) is 0 Å². The van der Waals surface area contributed by atoms with Gasteiger partial charge in [-0.1, -0.05) is 4.89 Å². The molecule has 0 saturated heterocycles. The third-order valence-corrected chi connectivity index (χ3v) is 2.45. The Hall–Kier alpha value is -0.210.